The fourth-order valence-corrected chi connectivity index (χ4v) is 2.55. The summed E-state index contributed by atoms with van der Waals surface area (Å²) in [6.07, 6.45) is -0.682. The van der Waals surface area contributed by atoms with Gasteiger partial charge in [0, 0.05) is 10.0 Å². The molecule has 0 bridgehead atoms. The van der Waals surface area contributed by atoms with Gasteiger partial charge in [-0.2, -0.15) is 0 Å². The largest absolute Gasteiger partial charge is 0.493 e. The first-order chi connectivity index (χ1) is 11.5. The van der Waals surface area contributed by atoms with Gasteiger partial charge in [0.25, 0.3) is 0 Å². The van der Waals surface area contributed by atoms with Crippen LogP contribution in [-0.2, 0) is 0 Å². The highest BCUT2D eigenvalue weighted by molar-refractivity contribution is 9.10. The first-order valence-electron chi connectivity index (χ1n) is 7.26. The van der Waals surface area contributed by atoms with E-state index in [2.05, 4.69) is 15.9 Å². The van der Waals surface area contributed by atoms with Crippen LogP contribution in [0, 0.1) is 0 Å². The number of Topliss-reactive ketones (excluding diaryl/α,β-unsaturated/α-hetero) is 1. The molecule has 0 saturated heterocycles. The van der Waals surface area contributed by atoms with Crippen molar-refractivity contribution in [1.82, 2.24) is 0 Å². The summed E-state index contributed by atoms with van der Waals surface area (Å²) < 4.78 is 22.3. The van der Waals surface area contributed by atoms with Crippen molar-refractivity contribution in [1.29, 1.82) is 0 Å². The summed E-state index contributed by atoms with van der Waals surface area (Å²) in [6.45, 7) is 1.69. The van der Waals surface area contributed by atoms with E-state index in [0.717, 1.165) is 4.47 Å². The molecule has 0 aliphatic rings. The molecule has 5 nitrogen and oxygen atoms in total. The van der Waals surface area contributed by atoms with Crippen molar-refractivity contribution >= 4 is 21.7 Å². The summed E-state index contributed by atoms with van der Waals surface area (Å²) in [6, 6.07) is 10.4. The third-order valence-electron chi connectivity index (χ3n) is 3.47. The zero-order valence-corrected chi connectivity index (χ0v) is 15.5. The average Bonchev–Trinajstić information content (AvgIpc) is 2.61. The summed E-state index contributed by atoms with van der Waals surface area (Å²) in [4.78, 5) is 12.6. The van der Waals surface area contributed by atoms with Gasteiger partial charge < -0.3 is 18.9 Å². The lowest BCUT2D eigenvalue weighted by atomic mass is 10.1. The molecule has 2 rings (SSSR count). The Bertz CT molecular complexity index is 729. The minimum Gasteiger partial charge on any atom is -0.493 e. The molecule has 128 valence electrons. The molecule has 0 amide bonds. The zero-order valence-electron chi connectivity index (χ0n) is 14.0. The molecule has 0 unspecified atom stereocenters. The van der Waals surface area contributed by atoms with Crippen LogP contribution in [0.25, 0.3) is 0 Å². The topological polar surface area (TPSA) is 54.0 Å². The van der Waals surface area contributed by atoms with Gasteiger partial charge in [0.2, 0.25) is 5.78 Å². The number of rotatable bonds is 7. The van der Waals surface area contributed by atoms with Gasteiger partial charge in [-0.25, -0.2) is 0 Å². The second-order valence-corrected chi connectivity index (χ2v) is 5.90. The summed E-state index contributed by atoms with van der Waals surface area (Å²) >= 11 is 3.37. The van der Waals surface area contributed by atoms with Crippen LogP contribution in [0.5, 0.6) is 23.0 Å². The van der Waals surface area contributed by atoms with E-state index in [0.29, 0.717) is 28.6 Å². The van der Waals surface area contributed by atoms with Gasteiger partial charge in [-0.05, 0) is 43.3 Å². The second kappa shape index (κ2) is 8.06. The van der Waals surface area contributed by atoms with Gasteiger partial charge in [-0.3, -0.25) is 4.79 Å². The first kappa shape index (κ1) is 18.1. The molecule has 2 aromatic rings. The number of ketones is 1. The number of benzene rings is 2. The molecule has 1 atom stereocenters. The third kappa shape index (κ3) is 4.00. The molecule has 0 radical (unpaired) electrons. The number of carbonyl (C=O) groups excluding carboxylic acids is 1. The summed E-state index contributed by atoms with van der Waals surface area (Å²) in [5, 5.41) is 0. The van der Waals surface area contributed by atoms with Crippen molar-refractivity contribution in [3.63, 3.8) is 0 Å². The van der Waals surface area contributed by atoms with Crippen molar-refractivity contribution in [2.24, 2.45) is 0 Å². The van der Waals surface area contributed by atoms with Crippen LogP contribution in [-0.4, -0.2) is 33.2 Å². The molecule has 0 fully saturated rings. The van der Waals surface area contributed by atoms with E-state index in [9.17, 15) is 4.79 Å². The van der Waals surface area contributed by atoms with Crippen LogP contribution in [0.3, 0.4) is 0 Å². The van der Waals surface area contributed by atoms with Gasteiger partial charge in [-0.15, -0.1) is 0 Å². The summed E-state index contributed by atoms with van der Waals surface area (Å²) in [5.41, 5.74) is 0.483. The normalized spacial score (nSPS) is 11.5. The lowest BCUT2D eigenvalue weighted by Crippen LogP contribution is -2.24. The van der Waals surface area contributed by atoms with Crippen molar-refractivity contribution in [2.75, 3.05) is 21.3 Å². The molecule has 0 aliphatic heterocycles. The van der Waals surface area contributed by atoms with Crippen molar-refractivity contribution < 1.29 is 23.7 Å². The zero-order chi connectivity index (χ0) is 17.7. The Balaban J connectivity index is 2.21. The Hall–Kier alpha value is -2.21. The minimum absolute atomic E-state index is 0.166. The van der Waals surface area contributed by atoms with Crippen LogP contribution >= 0.6 is 15.9 Å². The fraction of sp³-hybridized carbons (Fsp3) is 0.278. The highest BCUT2D eigenvalue weighted by atomic mass is 79.9. The molecular weight excluding hydrogens is 376 g/mol. The molecule has 0 aliphatic carbocycles. The smallest absolute Gasteiger partial charge is 0.203 e. The fourth-order valence-electron chi connectivity index (χ4n) is 2.21. The second-order valence-electron chi connectivity index (χ2n) is 4.99. The van der Waals surface area contributed by atoms with Gasteiger partial charge >= 0.3 is 0 Å². The Morgan fingerprint density at radius 1 is 0.875 bits per heavy atom. The Morgan fingerprint density at radius 3 is 2.08 bits per heavy atom. The van der Waals surface area contributed by atoms with Gasteiger partial charge in [0.1, 0.15) is 0 Å². The molecular formula is C18H19BrO5. The molecule has 0 spiro atoms. The molecule has 6 heteroatoms. The SMILES string of the molecule is COc1ccc(C(=O)[C@@H](C)Oc2ccc(Br)cc2OC)cc1OC. The minimum atomic E-state index is -0.682. The maximum absolute atomic E-state index is 12.6. The van der Waals surface area contributed by atoms with E-state index in [-0.39, 0.29) is 5.78 Å². The van der Waals surface area contributed by atoms with Gasteiger partial charge in [0.15, 0.2) is 29.1 Å². The van der Waals surface area contributed by atoms with E-state index in [1.807, 2.05) is 6.07 Å². The number of methoxy groups -OCH3 is 3. The average molecular weight is 395 g/mol. The molecule has 0 aromatic heterocycles. The van der Waals surface area contributed by atoms with E-state index in [1.54, 1.807) is 51.5 Å². The number of hydrogen-bond acceptors (Lipinski definition) is 5. The van der Waals surface area contributed by atoms with Crippen LogP contribution in [0.15, 0.2) is 40.9 Å². The molecule has 0 N–H and O–H groups in total. The van der Waals surface area contributed by atoms with Crippen LogP contribution < -0.4 is 18.9 Å². The lowest BCUT2D eigenvalue weighted by molar-refractivity contribution is 0.0813. The highest BCUT2D eigenvalue weighted by Gasteiger charge is 2.20. The molecule has 24 heavy (non-hydrogen) atoms. The van der Waals surface area contributed by atoms with Crippen LogP contribution in [0.2, 0.25) is 0 Å². The molecule has 2 aromatic carbocycles. The van der Waals surface area contributed by atoms with E-state index in [1.165, 1.54) is 7.11 Å². The van der Waals surface area contributed by atoms with Gasteiger partial charge in [0.05, 0.1) is 21.3 Å². The standard InChI is InChI=1S/C18H19BrO5/c1-11(24-15-8-6-13(19)10-17(15)23-4)18(20)12-5-7-14(21-2)16(9-12)22-3/h5-11H,1-4H3/t11-/m1/s1. The third-order valence-corrected chi connectivity index (χ3v) is 3.96. The van der Waals surface area contributed by atoms with E-state index in [4.69, 9.17) is 18.9 Å². The van der Waals surface area contributed by atoms with Crippen LogP contribution in [0.1, 0.15) is 17.3 Å². The maximum atomic E-state index is 12.6. The lowest BCUT2D eigenvalue weighted by Gasteiger charge is -2.17. The number of ether oxygens (including phenoxy) is 4. The Morgan fingerprint density at radius 2 is 1.46 bits per heavy atom. The predicted molar refractivity (Wildman–Crippen MR) is 94.7 cm³/mol. The molecule has 0 saturated carbocycles. The van der Waals surface area contributed by atoms with Crippen molar-refractivity contribution in [3.05, 3.63) is 46.4 Å². The quantitative estimate of drug-likeness (QED) is 0.660. The Labute approximate surface area is 149 Å². The maximum Gasteiger partial charge on any atom is 0.203 e. The Kier molecular flexibility index (Phi) is 6.09. The predicted octanol–water partition coefficient (Wildman–Crippen LogP) is 4.13. The molecule has 0 heterocycles. The highest BCUT2D eigenvalue weighted by Crippen LogP contribution is 2.32. The number of halogens is 1. The monoisotopic (exact) mass is 394 g/mol. The number of hydrogen-bond donors (Lipinski definition) is 0. The van der Waals surface area contributed by atoms with Gasteiger partial charge in [-0.1, -0.05) is 15.9 Å². The summed E-state index contributed by atoms with van der Waals surface area (Å²) in [5.74, 6) is 1.95. The van der Waals surface area contributed by atoms with E-state index < -0.39 is 6.10 Å². The number of carbonyl (C=O) groups is 1. The summed E-state index contributed by atoms with van der Waals surface area (Å²) in [7, 11) is 4.62. The van der Waals surface area contributed by atoms with Crippen LogP contribution in [0.4, 0.5) is 0 Å². The van der Waals surface area contributed by atoms with E-state index >= 15 is 0 Å². The first-order valence-corrected chi connectivity index (χ1v) is 8.06. The van der Waals surface area contributed by atoms with Crippen molar-refractivity contribution in [3.8, 4) is 23.0 Å². The van der Waals surface area contributed by atoms with Crippen molar-refractivity contribution in [2.45, 2.75) is 13.0 Å².